The van der Waals surface area contributed by atoms with Crippen LogP contribution in [0.2, 0.25) is 0 Å². The molecule has 0 aliphatic carbocycles. The molecule has 8 nitrogen and oxygen atoms in total. The molecule has 0 aromatic heterocycles. The molecular formula is C26H41O8P. The van der Waals surface area contributed by atoms with Crippen molar-refractivity contribution in [2.24, 2.45) is 0 Å². The highest BCUT2D eigenvalue weighted by molar-refractivity contribution is 7.46. The maximum absolute atomic E-state index is 12.0. The van der Waals surface area contributed by atoms with Gasteiger partial charge in [0, 0.05) is 6.42 Å². The van der Waals surface area contributed by atoms with E-state index in [0.717, 1.165) is 32.1 Å². The van der Waals surface area contributed by atoms with Crippen LogP contribution >= 0.6 is 7.82 Å². The molecule has 0 saturated carbocycles. The second-order valence-corrected chi connectivity index (χ2v) is 8.84. The van der Waals surface area contributed by atoms with Crippen LogP contribution in [0.1, 0.15) is 71.6 Å². The van der Waals surface area contributed by atoms with Gasteiger partial charge in [0.15, 0.2) is 6.10 Å². The molecule has 0 radical (unpaired) electrons. The summed E-state index contributed by atoms with van der Waals surface area (Å²) in [6, 6.07) is 0. The molecule has 1 atom stereocenters. The molecule has 0 amide bonds. The van der Waals surface area contributed by atoms with Crippen LogP contribution in [0.3, 0.4) is 0 Å². The molecular weight excluding hydrogens is 471 g/mol. The zero-order valence-electron chi connectivity index (χ0n) is 20.9. The predicted molar refractivity (Wildman–Crippen MR) is 137 cm³/mol. The zero-order chi connectivity index (χ0) is 26.2. The minimum Gasteiger partial charge on any atom is -0.462 e. The Bertz CT molecular complexity index is 761. The molecule has 0 heterocycles. The van der Waals surface area contributed by atoms with Crippen LogP contribution in [0, 0.1) is 0 Å². The second-order valence-electron chi connectivity index (χ2n) is 7.60. The number of carbonyl (C=O) groups excluding carboxylic acids is 2. The van der Waals surface area contributed by atoms with Crippen LogP contribution in [-0.4, -0.2) is 41.0 Å². The lowest BCUT2D eigenvalue weighted by atomic mass is 10.2. The van der Waals surface area contributed by atoms with Crippen molar-refractivity contribution in [1.29, 1.82) is 0 Å². The van der Waals surface area contributed by atoms with E-state index in [1.165, 1.54) is 0 Å². The largest absolute Gasteiger partial charge is 0.469 e. The summed E-state index contributed by atoms with van der Waals surface area (Å²) >= 11 is 0. The Morgan fingerprint density at radius 2 is 1.29 bits per heavy atom. The Morgan fingerprint density at radius 3 is 1.77 bits per heavy atom. The van der Waals surface area contributed by atoms with Gasteiger partial charge in [-0.25, -0.2) is 4.57 Å². The number of phosphoric ester groups is 1. The molecule has 0 fully saturated rings. The third-order valence-electron chi connectivity index (χ3n) is 4.33. The number of rotatable bonds is 20. The van der Waals surface area contributed by atoms with Crippen LogP contribution in [0.4, 0.5) is 0 Å². The second kappa shape index (κ2) is 22.2. The highest BCUT2D eigenvalue weighted by Gasteiger charge is 2.22. The molecule has 0 aliphatic rings. The van der Waals surface area contributed by atoms with Crippen molar-refractivity contribution in [3.8, 4) is 0 Å². The molecule has 35 heavy (non-hydrogen) atoms. The van der Waals surface area contributed by atoms with Gasteiger partial charge in [0.2, 0.25) is 0 Å². The molecule has 0 rings (SSSR count). The van der Waals surface area contributed by atoms with E-state index in [9.17, 15) is 14.2 Å². The van der Waals surface area contributed by atoms with Gasteiger partial charge in [-0.2, -0.15) is 0 Å². The summed E-state index contributed by atoms with van der Waals surface area (Å²) in [4.78, 5) is 41.4. The standard InChI is InChI=1S/C26H41O8P/c1-3-5-7-8-9-10-11-12-13-14-15-16-17-18-19-21-26(28)34-24(23-33-35(29,30)31)22-32-25(27)20-6-4-2/h5,7,9-10,12-13,15-16,18-19,24H,3-4,6,8,11,14,17,20-23H2,1-2H3,(H2,29,30,31)/b7-5-,10-9-,13-12-,16-15-,19-18-. The number of unbranched alkanes of at least 4 members (excludes halogenated alkanes) is 1. The Morgan fingerprint density at radius 1 is 0.771 bits per heavy atom. The molecule has 198 valence electrons. The number of phosphoric acid groups is 1. The molecule has 0 aliphatic heterocycles. The Hall–Kier alpha value is -2.25. The lowest BCUT2D eigenvalue weighted by molar-refractivity contribution is -0.160. The smallest absolute Gasteiger partial charge is 0.462 e. The molecule has 9 heteroatoms. The normalized spacial score (nSPS) is 13.6. The molecule has 0 aromatic rings. The monoisotopic (exact) mass is 512 g/mol. The lowest BCUT2D eigenvalue weighted by Crippen LogP contribution is -2.29. The first-order chi connectivity index (χ1) is 16.8. The number of esters is 2. The maximum atomic E-state index is 12.0. The topological polar surface area (TPSA) is 119 Å². The van der Waals surface area contributed by atoms with E-state index in [0.29, 0.717) is 12.8 Å². The van der Waals surface area contributed by atoms with E-state index in [4.69, 9.17) is 19.3 Å². The van der Waals surface area contributed by atoms with E-state index in [-0.39, 0.29) is 19.4 Å². The van der Waals surface area contributed by atoms with Gasteiger partial charge in [0.25, 0.3) is 0 Å². The first-order valence-corrected chi connectivity index (χ1v) is 13.6. The summed E-state index contributed by atoms with van der Waals surface area (Å²) in [6.07, 6.45) is 25.3. The van der Waals surface area contributed by atoms with Gasteiger partial charge < -0.3 is 19.3 Å². The van der Waals surface area contributed by atoms with Crippen molar-refractivity contribution < 1.29 is 37.9 Å². The van der Waals surface area contributed by atoms with Gasteiger partial charge in [-0.15, -0.1) is 0 Å². The SMILES string of the molecule is CC/C=C\C/C=C\C/C=C\C/C=C\C/C=C\CC(=O)OC(COC(=O)CCCC)COP(=O)(O)O. The fourth-order valence-corrected chi connectivity index (χ4v) is 2.90. The van der Waals surface area contributed by atoms with E-state index in [1.807, 2.05) is 25.2 Å². The molecule has 0 saturated heterocycles. The van der Waals surface area contributed by atoms with Crippen molar-refractivity contribution in [1.82, 2.24) is 0 Å². The van der Waals surface area contributed by atoms with Crippen LogP contribution in [0.25, 0.3) is 0 Å². The maximum Gasteiger partial charge on any atom is 0.469 e. The predicted octanol–water partition coefficient (Wildman–Crippen LogP) is 5.88. The van der Waals surface area contributed by atoms with Crippen LogP contribution in [0.15, 0.2) is 60.8 Å². The molecule has 1 unspecified atom stereocenters. The van der Waals surface area contributed by atoms with Gasteiger partial charge in [-0.05, 0) is 38.5 Å². The quantitative estimate of drug-likeness (QED) is 0.118. The minimum absolute atomic E-state index is 0.0241. The van der Waals surface area contributed by atoms with Gasteiger partial charge in [-0.1, -0.05) is 81.0 Å². The van der Waals surface area contributed by atoms with Crippen LogP contribution in [0.5, 0.6) is 0 Å². The van der Waals surface area contributed by atoms with Crippen molar-refractivity contribution in [2.75, 3.05) is 13.2 Å². The highest BCUT2D eigenvalue weighted by atomic mass is 31.2. The molecule has 0 spiro atoms. The van der Waals surface area contributed by atoms with E-state index < -0.39 is 32.5 Å². The minimum atomic E-state index is -4.75. The number of allylic oxidation sites excluding steroid dienone is 9. The number of carbonyl (C=O) groups is 2. The van der Waals surface area contributed by atoms with Crippen molar-refractivity contribution in [3.63, 3.8) is 0 Å². The van der Waals surface area contributed by atoms with Gasteiger partial charge in [-0.3, -0.25) is 14.1 Å². The Labute approximate surface area is 209 Å². The average Bonchev–Trinajstić information content (AvgIpc) is 2.81. The van der Waals surface area contributed by atoms with Crippen LogP contribution < -0.4 is 0 Å². The first kappa shape index (κ1) is 32.8. The van der Waals surface area contributed by atoms with Crippen molar-refractivity contribution >= 4 is 19.8 Å². The molecule has 0 bridgehead atoms. The van der Waals surface area contributed by atoms with E-state index in [2.05, 4.69) is 47.9 Å². The lowest BCUT2D eigenvalue weighted by Gasteiger charge is -2.18. The Kier molecular flexibility index (Phi) is 20.8. The van der Waals surface area contributed by atoms with E-state index >= 15 is 0 Å². The first-order valence-electron chi connectivity index (χ1n) is 12.1. The highest BCUT2D eigenvalue weighted by Crippen LogP contribution is 2.35. The summed E-state index contributed by atoms with van der Waals surface area (Å²) in [5.41, 5.74) is 0. The summed E-state index contributed by atoms with van der Waals surface area (Å²) in [5, 5.41) is 0. The molecule has 2 N–H and O–H groups in total. The number of ether oxygens (including phenoxy) is 2. The average molecular weight is 513 g/mol. The fourth-order valence-electron chi connectivity index (χ4n) is 2.54. The fraction of sp³-hybridized carbons (Fsp3) is 0.538. The zero-order valence-corrected chi connectivity index (χ0v) is 21.8. The van der Waals surface area contributed by atoms with Crippen LogP contribution in [-0.2, 0) is 28.2 Å². The van der Waals surface area contributed by atoms with Crippen molar-refractivity contribution in [3.05, 3.63) is 60.8 Å². The summed E-state index contributed by atoms with van der Waals surface area (Å²) in [7, 11) is -4.75. The summed E-state index contributed by atoms with van der Waals surface area (Å²) < 4.78 is 25.5. The molecule has 0 aromatic carbocycles. The number of hydrogen-bond donors (Lipinski definition) is 2. The Balaban J connectivity index is 4.24. The van der Waals surface area contributed by atoms with E-state index in [1.54, 1.807) is 6.08 Å². The summed E-state index contributed by atoms with van der Waals surface area (Å²) in [5.74, 6) is -1.09. The van der Waals surface area contributed by atoms with Gasteiger partial charge in [0.05, 0.1) is 13.0 Å². The number of hydrogen-bond acceptors (Lipinski definition) is 6. The third kappa shape index (κ3) is 24.7. The van der Waals surface area contributed by atoms with Gasteiger partial charge in [0.1, 0.15) is 6.61 Å². The van der Waals surface area contributed by atoms with Crippen molar-refractivity contribution in [2.45, 2.75) is 77.7 Å². The van der Waals surface area contributed by atoms with Gasteiger partial charge >= 0.3 is 19.8 Å². The summed E-state index contributed by atoms with van der Waals surface area (Å²) in [6.45, 7) is 3.13. The third-order valence-corrected chi connectivity index (χ3v) is 4.82.